The summed E-state index contributed by atoms with van der Waals surface area (Å²) < 4.78 is 16.5. The summed E-state index contributed by atoms with van der Waals surface area (Å²) in [6.45, 7) is 3.76. The van der Waals surface area contributed by atoms with Crippen LogP contribution in [-0.4, -0.2) is 47.5 Å². The largest absolute Gasteiger partial charge is 0.393 e. The molecule has 0 amide bonds. The van der Waals surface area contributed by atoms with E-state index in [1.165, 1.54) is 6.07 Å². The van der Waals surface area contributed by atoms with Crippen molar-refractivity contribution in [3.8, 4) is 0 Å². The highest BCUT2D eigenvalue weighted by atomic mass is 19.1. The normalized spacial score (nSPS) is 24.8. The highest BCUT2D eigenvalue weighted by Crippen LogP contribution is 2.40. The second-order valence-electron chi connectivity index (χ2n) is 10.6. The monoisotopic (exact) mass is 498 g/mol. The fourth-order valence-electron chi connectivity index (χ4n) is 5.52. The van der Waals surface area contributed by atoms with Gasteiger partial charge in [0.1, 0.15) is 11.3 Å². The zero-order chi connectivity index (χ0) is 24.6. The Morgan fingerprint density at radius 2 is 1.69 bits per heavy atom. The molecule has 3 aromatic rings. The Morgan fingerprint density at radius 3 is 2.36 bits per heavy atom. The number of para-hydroxylation sites is 1. The van der Waals surface area contributed by atoms with Crippen LogP contribution >= 0.6 is 0 Å². The molecule has 0 spiro atoms. The number of nitrogens with one attached hydrogen (secondary N) is 2. The fourth-order valence-corrected chi connectivity index (χ4v) is 5.52. The van der Waals surface area contributed by atoms with Crippen molar-refractivity contribution >= 4 is 28.7 Å². The first-order chi connectivity index (χ1) is 16.8. The molecule has 2 aliphatic rings. The van der Waals surface area contributed by atoms with Crippen LogP contribution in [-0.2, 0) is 0 Å². The highest BCUT2D eigenvalue weighted by Gasteiger charge is 2.33. The van der Waals surface area contributed by atoms with Crippen LogP contribution in [0.5, 0.6) is 0 Å². The van der Waals surface area contributed by atoms with Crippen LogP contribution < -0.4 is 10.6 Å². The number of hydrogen-bond acceptors (Lipinski definition) is 7. The number of hydrogen-bond donors (Lipinski definition) is 4. The smallest absolute Gasteiger partial charge is 0.224 e. The van der Waals surface area contributed by atoms with Gasteiger partial charge in [-0.05, 0) is 83.3 Å². The summed E-state index contributed by atoms with van der Waals surface area (Å²) in [5.74, 6) is 0.987. The average molecular weight is 499 g/mol. The van der Waals surface area contributed by atoms with Gasteiger partial charge in [0.2, 0.25) is 11.9 Å². The lowest BCUT2D eigenvalue weighted by atomic mass is 9.77. The van der Waals surface area contributed by atoms with E-state index in [1.54, 1.807) is 24.4 Å². The molecule has 5 rings (SSSR count). The Balaban J connectivity index is 0.00000304. The quantitative estimate of drug-likeness (QED) is 0.352. The molecule has 196 valence electrons. The molecule has 1 aromatic carbocycles. The summed E-state index contributed by atoms with van der Waals surface area (Å²) in [5, 5.41) is 26.9. The second kappa shape index (κ2) is 10.7. The fraction of sp³-hybridized carbons (Fsp3) is 0.593. The number of aliphatic hydroxyl groups is 2. The first-order valence-corrected chi connectivity index (χ1v) is 12.7. The number of aromatic nitrogens is 4. The van der Waals surface area contributed by atoms with Crippen molar-refractivity contribution in [3.05, 3.63) is 36.3 Å². The summed E-state index contributed by atoms with van der Waals surface area (Å²) in [7, 11) is 0. The van der Waals surface area contributed by atoms with E-state index in [0.29, 0.717) is 28.7 Å². The number of anilines is 3. The Bertz CT molecular complexity index is 1160. The number of rotatable bonds is 6. The molecule has 0 unspecified atom stereocenters. The van der Waals surface area contributed by atoms with E-state index in [4.69, 9.17) is 9.97 Å². The predicted molar refractivity (Wildman–Crippen MR) is 141 cm³/mol. The van der Waals surface area contributed by atoms with Crippen molar-refractivity contribution in [2.24, 2.45) is 5.92 Å². The molecule has 0 atom stereocenters. The molecular formula is C27H39FN6O2. The van der Waals surface area contributed by atoms with Crippen LogP contribution in [0.2, 0.25) is 0 Å². The van der Waals surface area contributed by atoms with Crippen LogP contribution in [0.4, 0.5) is 22.0 Å². The van der Waals surface area contributed by atoms with Crippen LogP contribution in [0, 0.1) is 11.7 Å². The number of nitrogens with zero attached hydrogens (tertiary/aromatic N) is 4. The molecule has 0 radical (unpaired) electrons. The molecule has 4 N–H and O–H groups in total. The van der Waals surface area contributed by atoms with Crippen molar-refractivity contribution in [2.75, 3.05) is 10.6 Å². The van der Waals surface area contributed by atoms with E-state index in [0.717, 1.165) is 51.4 Å². The van der Waals surface area contributed by atoms with Gasteiger partial charge in [-0.15, -0.1) is 0 Å². The van der Waals surface area contributed by atoms with Crippen LogP contribution in [0.25, 0.3) is 11.2 Å². The number of aliphatic hydroxyl groups excluding tert-OH is 1. The maximum atomic E-state index is 14.5. The minimum atomic E-state index is -0.705. The number of benzene rings is 1. The van der Waals surface area contributed by atoms with Crippen molar-refractivity contribution in [1.82, 2.24) is 19.5 Å². The van der Waals surface area contributed by atoms with Crippen molar-refractivity contribution < 1.29 is 14.6 Å². The van der Waals surface area contributed by atoms with Crippen molar-refractivity contribution in [3.63, 3.8) is 0 Å². The maximum absolute atomic E-state index is 14.5. The van der Waals surface area contributed by atoms with Gasteiger partial charge in [-0.3, -0.25) is 4.57 Å². The van der Waals surface area contributed by atoms with Crippen LogP contribution in [0.1, 0.15) is 78.7 Å². The molecule has 0 bridgehead atoms. The van der Waals surface area contributed by atoms with Gasteiger partial charge in [-0.25, -0.2) is 14.4 Å². The predicted octanol–water partition coefficient (Wildman–Crippen LogP) is 5.56. The molecule has 2 heterocycles. The van der Waals surface area contributed by atoms with Crippen LogP contribution in [0.3, 0.4) is 0 Å². The van der Waals surface area contributed by atoms with Gasteiger partial charge in [-0.2, -0.15) is 4.98 Å². The molecule has 0 aliphatic heterocycles. The zero-order valence-corrected chi connectivity index (χ0v) is 20.4. The third-order valence-corrected chi connectivity index (χ3v) is 7.64. The topological polar surface area (TPSA) is 108 Å². The van der Waals surface area contributed by atoms with E-state index in [-0.39, 0.29) is 37.3 Å². The molecule has 9 heteroatoms. The maximum Gasteiger partial charge on any atom is 0.224 e. The number of imidazole rings is 1. The summed E-state index contributed by atoms with van der Waals surface area (Å²) in [4.78, 5) is 14.1. The van der Waals surface area contributed by atoms with Crippen LogP contribution in [0.15, 0.2) is 30.5 Å². The van der Waals surface area contributed by atoms with E-state index >= 15 is 0 Å². The van der Waals surface area contributed by atoms with Gasteiger partial charge in [0.05, 0.1) is 23.6 Å². The molecule has 8 nitrogen and oxygen atoms in total. The van der Waals surface area contributed by atoms with Gasteiger partial charge >= 0.3 is 0 Å². The third-order valence-electron chi connectivity index (χ3n) is 7.64. The van der Waals surface area contributed by atoms with Gasteiger partial charge in [0.15, 0.2) is 5.65 Å². The summed E-state index contributed by atoms with van der Waals surface area (Å²) in [6, 6.07) is 6.92. The molecule has 2 aromatic heterocycles. The lowest BCUT2D eigenvalue weighted by molar-refractivity contribution is -0.00457. The van der Waals surface area contributed by atoms with E-state index in [2.05, 4.69) is 20.2 Å². The van der Waals surface area contributed by atoms with Gasteiger partial charge < -0.3 is 20.8 Å². The Hall–Kier alpha value is -2.78. The summed E-state index contributed by atoms with van der Waals surface area (Å²) >= 11 is 0. The Kier molecular flexibility index (Phi) is 7.80. The number of halogens is 1. The van der Waals surface area contributed by atoms with E-state index in [1.807, 2.05) is 13.8 Å². The van der Waals surface area contributed by atoms with Gasteiger partial charge in [0.25, 0.3) is 0 Å². The molecule has 2 saturated carbocycles. The average Bonchev–Trinajstić information content (AvgIpc) is 3.19. The van der Waals surface area contributed by atoms with Crippen molar-refractivity contribution in [1.29, 1.82) is 0 Å². The standard InChI is InChI=1S/C26H35FN6O2.CH4/c1-26(2,35)16-7-11-18(12-8-16)33-23-22(31-25(33)30-21-6-4-3-5-20(21)27)15-28-24(32-23)29-17-9-13-19(34)14-10-17;/h3-6,15-19,34-35H,7-14H2,1-2H3,(H,30,31)(H,28,29,32);1H4. The molecule has 36 heavy (non-hydrogen) atoms. The van der Waals surface area contributed by atoms with Gasteiger partial charge in [0, 0.05) is 12.1 Å². The first-order valence-electron chi connectivity index (χ1n) is 12.7. The second-order valence-corrected chi connectivity index (χ2v) is 10.6. The van der Waals surface area contributed by atoms with Gasteiger partial charge in [-0.1, -0.05) is 19.6 Å². The van der Waals surface area contributed by atoms with E-state index in [9.17, 15) is 14.6 Å². The first kappa shape index (κ1) is 26.3. The highest BCUT2D eigenvalue weighted by molar-refractivity contribution is 5.76. The summed E-state index contributed by atoms with van der Waals surface area (Å²) in [5.41, 5.74) is 1.02. The van der Waals surface area contributed by atoms with Crippen molar-refractivity contribution in [2.45, 2.75) is 96.4 Å². The Labute approximate surface area is 212 Å². The summed E-state index contributed by atoms with van der Waals surface area (Å²) in [6.07, 6.45) is 8.35. The molecule has 2 fully saturated rings. The molecular weight excluding hydrogens is 459 g/mol. The molecule has 2 aliphatic carbocycles. The SMILES string of the molecule is C.CC(C)(O)C1CCC(n2c(Nc3ccccc3F)nc3cnc(NC4CCC(O)CC4)nc32)CC1. The third kappa shape index (κ3) is 5.62. The van der Waals surface area contributed by atoms with E-state index < -0.39 is 5.60 Å². The lowest BCUT2D eigenvalue weighted by Crippen LogP contribution is -2.34. The zero-order valence-electron chi connectivity index (χ0n) is 20.4. The minimum Gasteiger partial charge on any atom is -0.393 e. The number of fused-ring (bicyclic) bond motifs is 1. The Morgan fingerprint density at radius 1 is 1.00 bits per heavy atom. The lowest BCUT2D eigenvalue weighted by Gasteiger charge is -2.36. The minimum absolute atomic E-state index is 0. The molecule has 0 saturated heterocycles.